The Morgan fingerprint density at radius 3 is 2.72 bits per heavy atom. The summed E-state index contributed by atoms with van der Waals surface area (Å²) in [7, 11) is 0. The predicted octanol–water partition coefficient (Wildman–Crippen LogP) is 2.63. The smallest absolute Gasteiger partial charge is 0.249 e. The number of ether oxygens (including phenoxy) is 2. The fourth-order valence-corrected chi connectivity index (χ4v) is 3.17. The largest absolute Gasteiger partial charge is 0.454 e. The highest BCUT2D eigenvalue weighted by Crippen LogP contribution is 2.35. The lowest BCUT2D eigenvalue weighted by molar-refractivity contribution is -0.130. The summed E-state index contributed by atoms with van der Waals surface area (Å²) >= 11 is 5.78. The Kier molecular flexibility index (Phi) is 6.56. The van der Waals surface area contributed by atoms with Gasteiger partial charge in [0.05, 0.1) is 0 Å². The monoisotopic (exact) mass is 422 g/mol. The minimum absolute atomic E-state index is 0.0176. The summed E-state index contributed by atoms with van der Waals surface area (Å²) in [6.07, 6.45) is -1.32. The van der Waals surface area contributed by atoms with Crippen molar-refractivity contribution < 1.29 is 28.6 Å². The molecule has 2 aromatic rings. The highest BCUT2D eigenvalue weighted by atomic mass is 35.5. The Hall–Kier alpha value is -2.84. The van der Waals surface area contributed by atoms with Crippen LogP contribution in [0.15, 0.2) is 36.4 Å². The molecule has 2 amide bonds. The topological polar surface area (TPSA) is 88.1 Å². The van der Waals surface area contributed by atoms with Crippen LogP contribution in [0.5, 0.6) is 11.5 Å². The van der Waals surface area contributed by atoms with Crippen LogP contribution in [0.4, 0.5) is 10.1 Å². The van der Waals surface area contributed by atoms with Gasteiger partial charge in [-0.25, -0.2) is 4.39 Å². The number of hydrogen-bond donors (Lipinski definition) is 2. The molecule has 0 aliphatic carbocycles. The van der Waals surface area contributed by atoms with Crippen LogP contribution in [0.25, 0.3) is 0 Å². The van der Waals surface area contributed by atoms with Crippen LogP contribution in [0.1, 0.15) is 18.9 Å². The number of nitrogens with zero attached hydrogens (tertiary/aromatic N) is 1. The molecule has 9 heteroatoms. The third kappa shape index (κ3) is 5.36. The van der Waals surface area contributed by atoms with Gasteiger partial charge in [-0.3, -0.25) is 9.59 Å². The summed E-state index contributed by atoms with van der Waals surface area (Å²) in [5.74, 6) is -0.261. The maximum atomic E-state index is 13.3. The number of hydrogen-bond acceptors (Lipinski definition) is 5. The zero-order valence-corrected chi connectivity index (χ0v) is 16.4. The maximum Gasteiger partial charge on any atom is 0.249 e. The van der Waals surface area contributed by atoms with E-state index in [-0.39, 0.29) is 37.2 Å². The summed E-state index contributed by atoms with van der Waals surface area (Å²) < 4.78 is 23.9. The van der Waals surface area contributed by atoms with E-state index in [1.807, 2.05) is 0 Å². The Labute approximate surface area is 172 Å². The molecule has 1 aliphatic heterocycles. The standard InChI is InChI=1S/C20H20ClFN2O5/c1-12(25)24(16-2-3-18-19(9-16)29-11-28-18)5-4-17(26)20(27)23-10-13-6-14(21)8-15(22)7-13/h2-3,6-9,17,26H,4-5,10-11H2,1H3,(H,23,27)/t17-/m1/s1. The number of fused-ring (bicyclic) bond motifs is 1. The molecule has 0 bridgehead atoms. The number of aliphatic hydroxyl groups is 1. The van der Waals surface area contributed by atoms with E-state index in [4.69, 9.17) is 21.1 Å². The average molecular weight is 423 g/mol. The van der Waals surface area contributed by atoms with Crippen LogP contribution < -0.4 is 19.7 Å². The van der Waals surface area contributed by atoms with Gasteiger partial charge in [0.1, 0.15) is 11.9 Å². The van der Waals surface area contributed by atoms with Crippen molar-refractivity contribution in [3.8, 4) is 11.5 Å². The molecule has 0 saturated heterocycles. The molecule has 0 radical (unpaired) electrons. The number of rotatable bonds is 7. The summed E-state index contributed by atoms with van der Waals surface area (Å²) in [5.41, 5.74) is 1.05. The second kappa shape index (κ2) is 9.11. The molecule has 1 aliphatic rings. The van der Waals surface area contributed by atoms with Crippen LogP contribution in [0.3, 0.4) is 0 Å². The number of anilines is 1. The van der Waals surface area contributed by atoms with Crippen LogP contribution in [0, 0.1) is 5.82 Å². The van der Waals surface area contributed by atoms with Crippen molar-refractivity contribution in [2.24, 2.45) is 0 Å². The summed E-state index contributed by atoms with van der Waals surface area (Å²) in [5, 5.41) is 12.9. The number of aliphatic hydroxyl groups excluding tert-OH is 1. The van der Waals surface area contributed by atoms with Crippen molar-refractivity contribution in [3.63, 3.8) is 0 Å². The van der Waals surface area contributed by atoms with Crippen LogP contribution in [-0.2, 0) is 16.1 Å². The van der Waals surface area contributed by atoms with E-state index in [9.17, 15) is 19.1 Å². The first-order valence-electron chi connectivity index (χ1n) is 8.92. The fourth-order valence-electron chi connectivity index (χ4n) is 2.92. The van der Waals surface area contributed by atoms with E-state index in [0.29, 0.717) is 22.7 Å². The van der Waals surface area contributed by atoms with E-state index in [2.05, 4.69) is 5.32 Å². The Balaban J connectivity index is 1.56. The molecule has 0 aromatic heterocycles. The minimum Gasteiger partial charge on any atom is -0.454 e. The van der Waals surface area contributed by atoms with Crippen molar-refractivity contribution >= 4 is 29.1 Å². The number of nitrogens with one attached hydrogen (secondary N) is 1. The molecule has 7 nitrogen and oxygen atoms in total. The minimum atomic E-state index is -1.34. The number of carbonyl (C=O) groups excluding carboxylic acids is 2. The Morgan fingerprint density at radius 1 is 1.24 bits per heavy atom. The molecular formula is C20H20ClFN2O5. The molecule has 0 spiro atoms. The van der Waals surface area contributed by atoms with Gasteiger partial charge >= 0.3 is 0 Å². The first-order chi connectivity index (χ1) is 13.8. The second-order valence-corrected chi connectivity index (χ2v) is 6.94. The second-order valence-electron chi connectivity index (χ2n) is 6.51. The zero-order valence-electron chi connectivity index (χ0n) is 15.7. The fraction of sp³-hybridized carbons (Fsp3) is 0.300. The quantitative estimate of drug-likeness (QED) is 0.716. The summed E-state index contributed by atoms with van der Waals surface area (Å²) in [6, 6.07) is 9.00. The van der Waals surface area contributed by atoms with E-state index in [0.717, 1.165) is 6.07 Å². The van der Waals surface area contributed by atoms with Crippen LogP contribution in [0.2, 0.25) is 5.02 Å². The number of halogens is 2. The number of amides is 2. The molecule has 29 heavy (non-hydrogen) atoms. The van der Waals surface area contributed by atoms with Gasteiger partial charge in [-0.1, -0.05) is 11.6 Å². The molecule has 3 rings (SSSR count). The highest BCUT2D eigenvalue weighted by Gasteiger charge is 2.21. The van der Waals surface area contributed by atoms with Gasteiger partial charge in [-0.05, 0) is 35.9 Å². The lowest BCUT2D eigenvalue weighted by atomic mass is 10.2. The third-order valence-electron chi connectivity index (χ3n) is 4.37. The van der Waals surface area contributed by atoms with Gasteiger partial charge in [0.25, 0.3) is 0 Å². The molecular weight excluding hydrogens is 403 g/mol. The summed E-state index contributed by atoms with van der Waals surface area (Å²) in [6.45, 7) is 1.65. The molecule has 0 saturated carbocycles. The van der Waals surface area contributed by atoms with Gasteiger partial charge in [0.15, 0.2) is 11.5 Å². The van der Waals surface area contributed by atoms with Gasteiger partial charge < -0.3 is 24.8 Å². The Bertz CT molecular complexity index is 903. The summed E-state index contributed by atoms with van der Waals surface area (Å²) in [4.78, 5) is 25.6. The van der Waals surface area contributed by atoms with Crippen molar-refractivity contribution in [3.05, 3.63) is 52.8 Å². The van der Waals surface area contributed by atoms with E-state index >= 15 is 0 Å². The lowest BCUT2D eigenvalue weighted by Gasteiger charge is -2.22. The van der Waals surface area contributed by atoms with E-state index in [1.165, 1.54) is 24.0 Å². The normalized spacial score (nSPS) is 13.1. The molecule has 1 heterocycles. The van der Waals surface area contributed by atoms with Crippen molar-refractivity contribution in [2.45, 2.75) is 26.0 Å². The van der Waals surface area contributed by atoms with Crippen LogP contribution >= 0.6 is 11.6 Å². The van der Waals surface area contributed by atoms with Gasteiger partial charge in [0.2, 0.25) is 18.6 Å². The zero-order chi connectivity index (χ0) is 21.0. The molecule has 2 aromatic carbocycles. The van der Waals surface area contributed by atoms with Gasteiger partial charge in [-0.2, -0.15) is 0 Å². The van der Waals surface area contributed by atoms with E-state index in [1.54, 1.807) is 18.2 Å². The first-order valence-corrected chi connectivity index (χ1v) is 9.30. The average Bonchev–Trinajstić information content (AvgIpc) is 3.13. The van der Waals surface area contributed by atoms with Crippen molar-refractivity contribution in [1.82, 2.24) is 5.32 Å². The van der Waals surface area contributed by atoms with Gasteiger partial charge in [0, 0.05) is 43.2 Å². The molecule has 1 atom stereocenters. The highest BCUT2D eigenvalue weighted by molar-refractivity contribution is 6.30. The Morgan fingerprint density at radius 2 is 2.00 bits per heavy atom. The van der Waals surface area contributed by atoms with Gasteiger partial charge in [-0.15, -0.1) is 0 Å². The maximum absolute atomic E-state index is 13.3. The molecule has 0 unspecified atom stereocenters. The van der Waals surface area contributed by atoms with E-state index < -0.39 is 17.8 Å². The lowest BCUT2D eigenvalue weighted by Crippen LogP contribution is -2.38. The molecule has 0 fully saturated rings. The van der Waals surface area contributed by atoms with Crippen molar-refractivity contribution in [2.75, 3.05) is 18.2 Å². The molecule has 2 N–H and O–H groups in total. The van der Waals surface area contributed by atoms with Crippen molar-refractivity contribution in [1.29, 1.82) is 0 Å². The molecule has 154 valence electrons. The third-order valence-corrected chi connectivity index (χ3v) is 4.58. The first kappa shape index (κ1) is 20.9. The predicted molar refractivity (Wildman–Crippen MR) is 104 cm³/mol. The SMILES string of the molecule is CC(=O)N(CC[C@@H](O)C(=O)NCc1cc(F)cc(Cl)c1)c1ccc2c(c1)OCO2. The number of benzene rings is 2. The number of carbonyl (C=O) groups is 2. The van der Waals surface area contributed by atoms with Crippen LogP contribution in [-0.4, -0.2) is 36.4 Å².